The molecule has 0 N–H and O–H groups in total. The van der Waals surface area contributed by atoms with E-state index in [0.29, 0.717) is 0 Å². The fourth-order valence-corrected chi connectivity index (χ4v) is 4.91. The van der Waals surface area contributed by atoms with Crippen molar-refractivity contribution in [1.82, 2.24) is 0 Å². The average Bonchev–Trinajstić information content (AvgIpc) is 2.23. The molecule has 0 aliphatic rings. The number of rotatable bonds is 4. The Kier molecular flexibility index (Phi) is 4.94. The Morgan fingerprint density at radius 3 is 1.93 bits per heavy atom. The summed E-state index contributed by atoms with van der Waals surface area (Å²) in [6, 6.07) is 5.80. The van der Waals surface area contributed by atoms with Gasteiger partial charge < -0.3 is 13.3 Å². The number of hydrogen-bond donors (Lipinski definition) is 0. The Morgan fingerprint density at radius 2 is 1.53 bits per heavy atom. The second kappa shape index (κ2) is 5.56. The zero-order chi connectivity index (χ0) is 11.5. The number of hydrogen-bond acceptors (Lipinski definition) is 3. The minimum atomic E-state index is -2.73. The van der Waals surface area contributed by atoms with Gasteiger partial charge in [-0.05, 0) is 12.1 Å². The Bertz CT molecular complexity index is 334. The van der Waals surface area contributed by atoms with Gasteiger partial charge in [0.2, 0.25) is 0 Å². The molecular formula is C9H12Br2O3Si. The molecule has 15 heavy (non-hydrogen) atoms. The van der Waals surface area contributed by atoms with Crippen LogP contribution >= 0.6 is 31.9 Å². The van der Waals surface area contributed by atoms with Gasteiger partial charge in [-0.1, -0.05) is 37.9 Å². The van der Waals surface area contributed by atoms with Gasteiger partial charge in [0, 0.05) is 35.5 Å². The van der Waals surface area contributed by atoms with Crippen molar-refractivity contribution < 1.29 is 13.3 Å². The van der Waals surface area contributed by atoms with Gasteiger partial charge in [-0.2, -0.15) is 0 Å². The Labute approximate surface area is 107 Å². The van der Waals surface area contributed by atoms with Crippen molar-refractivity contribution in [3.8, 4) is 0 Å². The highest BCUT2D eigenvalue weighted by atomic mass is 79.9. The van der Waals surface area contributed by atoms with Crippen LogP contribution in [-0.2, 0) is 13.3 Å². The molecular weight excluding hydrogens is 344 g/mol. The van der Waals surface area contributed by atoms with E-state index in [1.807, 2.05) is 18.2 Å². The van der Waals surface area contributed by atoms with E-state index in [4.69, 9.17) is 13.3 Å². The third-order valence-corrected chi connectivity index (χ3v) is 6.29. The van der Waals surface area contributed by atoms with Crippen molar-refractivity contribution in [2.24, 2.45) is 0 Å². The summed E-state index contributed by atoms with van der Waals surface area (Å²) in [5, 5.41) is 0.915. The smallest absolute Gasteiger partial charge is 0.373 e. The Morgan fingerprint density at radius 1 is 1.00 bits per heavy atom. The lowest BCUT2D eigenvalue weighted by atomic mass is 10.4. The lowest BCUT2D eigenvalue weighted by molar-refractivity contribution is 0.140. The average molecular weight is 356 g/mol. The third kappa shape index (κ3) is 2.69. The molecule has 84 valence electrons. The standard InChI is InChI=1S/C9H12Br2O3Si/c1-12-15(13-2,14-3)9-5-4-7(10)6-8(9)11/h4-6H,1-3H3. The zero-order valence-electron chi connectivity index (χ0n) is 8.71. The van der Waals surface area contributed by atoms with E-state index in [1.165, 1.54) is 0 Å². The van der Waals surface area contributed by atoms with E-state index in [-0.39, 0.29) is 0 Å². The van der Waals surface area contributed by atoms with E-state index >= 15 is 0 Å². The third-order valence-electron chi connectivity index (χ3n) is 2.07. The highest BCUT2D eigenvalue weighted by Crippen LogP contribution is 2.19. The lowest BCUT2D eigenvalue weighted by Crippen LogP contribution is -2.55. The normalized spacial score (nSPS) is 11.8. The number of benzene rings is 1. The predicted molar refractivity (Wildman–Crippen MR) is 68.3 cm³/mol. The summed E-state index contributed by atoms with van der Waals surface area (Å²) in [6.07, 6.45) is 0. The molecule has 1 aromatic rings. The van der Waals surface area contributed by atoms with Crippen molar-refractivity contribution in [2.45, 2.75) is 0 Å². The van der Waals surface area contributed by atoms with Crippen molar-refractivity contribution in [3.05, 3.63) is 27.1 Å². The molecule has 0 aliphatic carbocycles. The van der Waals surface area contributed by atoms with Crippen LogP contribution in [0, 0.1) is 0 Å². The van der Waals surface area contributed by atoms with Crippen LogP contribution in [0.15, 0.2) is 27.1 Å². The molecule has 0 bridgehead atoms. The first kappa shape index (κ1) is 13.3. The summed E-state index contributed by atoms with van der Waals surface area (Å²) in [5.74, 6) is 0. The van der Waals surface area contributed by atoms with E-state index in [1.54, 1.807) is 21.3 Å². The van der Waals surface area contributed by atoms with Crippen LogP contribution in [-0.4, -0.2) is 30.1 Å². The summed E-state index contributed by atoms with van der Waals surface area (Å²) in [7, 11) is 2.04. The van der Waals surface area contributed by atoms with Crippen molar-refractivity contribution in [3.63, 3.8) is 0 Å². The topological polar surface area (TPSA) is 27.7 Å². The summed E-state index contributed by atoms with van der Waals surface area (Å²) < 4.78 is 18.1. The van der Waals surface area contributed by atoms with E-state index < -0.39 is 8.80 Å². The van der Waals surface area contributed by atoms with E-state index in [2.05, 4.69) is 31.9 Å². The second-order valence-corrected chi connectivity index (χ2v) is 7.44. The van der Waals surface area contributed by atoms with Gasteiger partial charge >= 0.3 is 8.80 Å². The summed E-state index contributed by atoms with van der Waals surface area (Å²) in [4.78, 5) is 0. The highest BCUT2D eigenvalue weighted by molar-refractivity contribution is 9.11. The molecule has 0 unspecified atom stereocenters. The van der Waals surface area contributed by atoms with Crippen molar-refractivity contribution in [2.75, 3.05) is 21.3 Å². The molecule has 0 aliphatic heterocycles. The highest BCUT2D eigenvalue weighted by Gasteiger charge is 2.42. The quantitative estimate of drug-likeness (QED) is 0.775. The molecule has 0 saturated carbocycles. The maximum atomic E-state index is 5.39. The minimum absolute atomic E-state index is 0.911. The minimum Gasteiger partial charge on any atom is -0.373 e. The van der Waals surface area contributed by atoms with Crippen LogP contribution in [0.2, 0.25) is 0 Å². The molecule has 1 aromatic carbocycles. The molecule has 0 fully saturated rings. The van der Waals surface area contributed by atoms with Gasteiger partial charge in [-0.25, -0.2) is 0 Å². The van der Waals surface area contributed by atoms with Crippen LogP contribution in [0.4, 0.5) is 0 Å². The molecule has 0 amide bonds. The van der Waals surface area contributed by atoms with Gasteiger partial charge in [0.05, 0.1) is 0 Å². The Hall–Kier alpha value is 0.277. The maximum Gasteiger partial charge on any atom is 0.537 e. The molecule has 6 heteroatoms. The van der Waals surface area contributed by atoms with Crippen LogP contribution in [0.25, 0.3) is 0 Å². The van der Waals surface area contributed by atoms with Crippen LogP contribution in [0.3, 0.4) is 0 Å². The van der Waals surface area contributed by atoms with E-state index in [9.17, 15) is 0 Å². The molecule has 0 heterocycles. The first-order valence-corrected chi connectivity index (χ1v) is 7.51. The van der Waals surface area contributed by atoms with Gasteiger partial charge in [-0.15, -0.1) is 0 Å². The first-order valence-electron chi connectivity index (χ1n) is 4.20. The molecule has 0 aromatic heterocycles. The molecule has 3 nitrogen and oxygen atoms in total. The molecule has 0 spiro atoms. The second-order valence-electron chi connectivity index (χ2n) is 2.79. The van der Waals surface area contributed by atoms with Crippen molar-refractivity contribution in [1.29, 1.82) is 0 Å². The fraction of sp³-hybridized carbons (Fsp3) is 0.333. The number of halogens is 2. The largest absolute Gasteiger partial charge is 0.537 e. The molecule has 0 atom stereocenters. The van der Waals surface area contributed by atoms with Gasteiger partial charge in [-0.3, -0.25) is 0 Å². The summed E-state index contributed by atoms with van der Waals surface area (Å²) >= 11 is 6.86. The maximum absolute atomic E-state index is 5.39. The SMILES string of the molecule is CO[Si](OC)(OC)c1ccc(Br)cc1Br. The van der Waals surface area contributed by atoms with E-state index in [0.717, 1.165) is 14.1 Å². The molecule has 0 radical (unpaired) electrons. The zero-order valence-corrected chi connectivity index (χ0v) is 12.9. The summed E-state index contributed by atoms with van der Waals surface area (Å²) in [6.45, 7) is 0. The molecule has 0 saturated heterocycles. The monoisotopic (exact) mass is 354 g/mol. The van der Waals surface area contributed by atoms with Gasteiger partial charge in [0.1, 0.15) is 0 Å². The molecule has 1 rings (SSSR count). The van der Waals surface area contributed by atoms with Crippen LogP contribution < -0.4 is 5.19 Å². The van der Waals surface area contributed by atoms with Gasteiger partial charge in [0.15, 0.2) is 0 Å². The van der Waals surface area contributed by atoms with Gasteiger partial charge in [0.25, 0.3) is 0 Å². The van der Waals surface area contributed by atoms with Crippen LogP contribution in [0.1, 0.15) is 0 Å². The first-order chi connectivity index (χ1) is 7.09. The fourth-order valence-electron chi connectivity index (χ4n) is 1.32. The van der Waals surface area contributed by atoms with Crippen LogP contribution in [0.5, 0.6) is 0 Å². The summed E-state index contributed by atoms with van der Waals surface area (Å²) in [5.41, 5.74) is 0. The Balaban J connectivity index is 3.22. The lowest BCUT2D eigenvalue weighted by Gasteiger charge is -2.25. The predicted octanol–water partition coefficient (Wildman–Crippen LogP) is 2.30. The van der Waals surface area contributed by atoms with Crippen molar-refractivity contribution >= 4 is 45.9 Å².